The number of aryl methyl sites for hydroxylation is 1. The number of para-hydroxylation sites is 1. The molecule has 206 valence electrons. The van der Waals surface area contributed by atoms with E-state index in [2.05, 4.69) is 50.9 Å². The third-order valence-corrected chi connectivity index (χ3v) is 8.10. The van der Waals surface area contributed by atoms with Gasteiger partial charge in [-0.2, -0.15) is 0 Å². The fraction of sp³-hybridized carbons (Fsp3) is 0.300. The van der Waals surface area contributed by atoms with Crippen LogP contribution in [0.5, 0.6) is 0 Å². The highest BCUT2D eigenvalue weighted by molar-refractivity contribution is 7.99. The molecule has 0 unspecified atom stereocenters. The number of hydrogen-bond donors (Lipinski definition) is 0. The van der Waals surface area contributed by atoms with Crippen LogP contribution in [-0.4, -0.2) is 62.4 Å². The van der Waals surface area contributed by atoms with Crippen molar-refractivity contribution in [2.24, 2.45) is 0 Å². The molecule has 40 heavy (non-hydrogen) atoms. The van der Waals surface area contributed by atoms with Gasteiger partial charge in [-0.25, -0.2) is 0 Å². The van der Waals surface area contributed by atoms with Gasteiger partial charge >= 0.3 is 0 Å². The quantitative estimate of drug-likeness (QED) is 0.113. The van der Waals surface area contributed by atoms with Crippen molar-refractivity contribution in [1.82, 2.24) is 19.7 Å². The highest BCUT2D eigenvalue weighted by atomic mass is 32.2. The molecule has 1 aliphatic rings. The fourth-order valence-electron chi connectivity index (χ4n) is 4.89. The number of nitro benzene ring substituents is 1. The minimum Gasteiger partial charge on any atom is -0.368 e. The van der Waals surface area contributed by atoms with Gasteiger partial charge in [-0.15, -0.1) is 10.2 Å². The van der Waals surface area contributed by atoms with Crippen LogP contribution in [0.1, 0.15) is 29.8 Å². The van der Waals surface area contributed by atoms with Gasteiger partial charge in [0.1, 0.15) is 5.82 Å². The lowest BCUT2D eigenvalue weighted by Crippen LogP contribution is -2.48. The number of thioether (sulfide) groups is 1. The van der Waals surface area contributed by atoms with Crippen LogP contribution in [0.15, 0.2) is 84.0 Å². The highest BCUT2D eigenvalue weighted by Crippen LogP contribution is 2.26. The van der Waals surface area contributed by atoms with Gasteiger partial charge in [0.25, 0.3) is 5.69 Å². The number of benzene rings is 3. The third kappa shape index (κ3) is 6.51. The maximum atomic E-state index is 12.9. The number of amides is 1. The van der Waals surface area contributed by atoms with Crippen molar-refractivity contribution in [3.8, 4) is 5.69 Å². The molecule has 0 saturated carbocycles. The molecule has 1 aliphatic heterocycles. The van der Waals surface area contributed by atoms with Crippen molar-refractivity contribution in [2.45, 2.75) is 31.3 Å². The smallest absolute Gasteiger partial charge is 0.269 e. The first-order chi connectivity index (χ1) is 19.5. The van der Waals surface area contributed by atoms with Crippen molar-refractivity contribution in [1.29, 1.82) is 0 Å². The molecule has 3 aromatic carbocycles. The van der Waals surface area contributed by atoms with E-state index < -0.39 is 4.92 Å². The Morgan fingerprint density at radius 3 is 2.33 bits per heavy atom. The van der Waals surface area contributed by atoms with Crippen molar-refractivity contribution >= 4 is 29.0 Å². The second-order valence-corrected chi connectivity index (χ2v) is 10.8. The summed E-state index contributed by atoms with van der Waals surface area (Å²) in [4.78, 5) is 27.5. The summed E-state index contributed by atoms with van der Waals surface area (Å²) in [5.74, 6) is 1.82. The Kier molecular flexibility index (Phi) is 8.75. The molecule has 0 N–H and O–H groups in total. The van der Waals surface area contributed by atoms with Gasteiger partial charge in [0, 0.05) is 62.6 Å². The average Bonchev–Trinajstić information content (AvgIpc) is 3.37. The zero-order valence-corrected chi connectivity index (χ0v) is 23.3. The van der Waals surface area contributed by atoms with Crippen LogP contribution in [-0.2, 0) is 11.2 Å². The molecule has 1 amide bonds. The summed E-state index contributed by atoms with van der Waals surface area (Å²) in [6, 6.07) is 25.1. The van der Waals surface area contributed by atoms with Crippen LogP contribution in [0.4, 0.5) is 11.4 Å². The molecule has 0 spiro atoms. The summed E-state index contributed by atoms with van der Waals surface area (Å²) in [5.41, 5.74) is 4.43. The molecule has 4 aromatic rings. The monoisotopic (exact) mass is 556 g/mol. The Hall–Kier alpha value is -4.18. The summed E-state index contributed by atoms with van der Waals surface area (Å²) >= 11 is 1.63. The molecule has 10 heteroatoms. The lowest BCUT2D eigenvalue weighted by Gasteiger charge is -2.36. The number of aromatic nitrogens is 3. The van der Waals surface area contributed by atoms with Crippen LogP contribution in [0.3, 0.4) is 0 Å². The number of hydrogen-bond acceptors (Lipinski definition) is 7. The van der Waals surface area contributed by atoms with Gasteiger partial charge in [0.15, 0.2) is 5.16 Å². The Bertz CT molecular complexity index is 1450. The van der Waals surface area contributed by atoms with Gasteiger partial charge in [0.05, 0.1) is 10.6 Å². The van der Waals surface area contributed by atoms with Crippen LogP contribution in [0.2, 0.25) is 0 Å². The molecule has 0 radical (unpaired) electrons. The summed E-state index contributed by atoms with van der Waals surface area (Å²) in [7, 11) is 0. The van der Waals surface area contributed by atoms with E-state index in [-0.39, 0.29) is 11.6 Å². The number of piperazine rings is 1. The fourth-order valence-corrected chi connectivity index (χ4v) is 5.79. The topological polar surface area (TPSA) is 97.4 Å². The van der Waals surface area contributed by atoms with Crippen molar-refractivity contribution in [3.63, 3.8) is 0 Å². The number of nitrogens with zero attached hydrogens (tertiary/aromatic N) is 6. The maximum Gasteiger partial charge on any atom is 0.269 e. The first-order valence-electron chi connectivity index (χ1n) is 13.4. The number of anilines is 1. The molecular weight excluding hydrogens is 524 g/mol. The minimum absolute atomic E-state index is 0.0833. The predicted molar refractivity (Wildman–Crippen MR) is 157 cm³/mol. The van der Waals surface area contributed by atoms with Crippen LogP contribution in [0, 0.1) is 17.0 Å². The molecule has 0 aliphatic carbocycles. The molecule has 1 fully saturated rings. The average molecular weight is 557 g/mol. The van der Waals surface area contributed by atoms with E-state index in [0.717, 1.165) is 40.1 Å². The molecule has 1 aromatic heterocycles. The van der Waals surface area contributed by atoms with E-state index in [1.165, 1.54) is 17.7 Å². The molecule has 0 atom stereocenters. The number of rotatable bonds is 10. The molecule has 0 bridgehead atoms. The normalized spacial score (nSPS) is 13.4. The highest BCUT2D eigenvalue weighted by Gasteiger charge is 2.22. The third-order valence-electron chi connectivity index (χ3n) is 7.09. The van der Waals surface area contributed by atoms with Gasteiger partial charge in [-0.1, -0.05) is 60.3 Å². The SMILES string of the molecule is Cc1ccccc1-n1c(Cc2ccccc2)nnc1SCCCC(=O)N1CCN(c2ccc([N+](=O)[O-])cc2)CC1. The Labute approximate surface area is 238 Å². The van der Waals surface area contributed by atoms with E-state index in [0.29, 0.717) is 39.0 Å². The first-order valence-corrected chi connectivity index (χ1v) is 14.4. The lowest BCUT2D eigenvalue weighted by molar-refractivity contribution is -0.384. The molecule has 1 saturated heterocycles. The first kappa shape index (κ1) is 27.4. The Balaban J connectivity index is 1.15. The van der Waals surface area contributed by atoms with Crippen LogP contribution >= 0.6 is 11.8 Å². The molecular formula is C30H32N6O3S. The van der Waals surface area contributed by atoms with E-state index >= 15 is 0 Å². The second kappa shape index (κ2) is 12.8. The van der Waals surface area contributed by atoms with Gasteiger partial charge < -0.3 is 9.80 Å². The minimum atomic E-state index is -0.394. The van der Waals surface area contributed by atoms with Crippen LogP contribution in [0.25, 0.3) is 5.69 Å². The summed E-state index contributed by atoms with van der Waals surface area (Å²) in [6.07, 6.45) is 1.92. The van der Waals surface area contributed by atoms with Gasteiger partial charge in [-0.3, -0.25) is 19.5 Å². The number of carbonyl (C=O) groups is 1. The zero-order valence-electron chi connectivity index (χ0n) is 22.5. The maximum absolute atomic E-state index is 12.9. The zero-order chi connectivity index (χ0) is 27.9. The molecule has 9 nitrogen and oxygen atoms in total. The van der Waals surface area contributed by atoms with E-state index in [4.69, 9.17) is 0 Å². The van der Waals surface area contributed by atoms with Crippen LogP contribution < -0.4 is 4.90 Å². The second-order valence-electron chi connectivity index (χ2n) is 9.78. The van der Waals surface area contributed by atoms with Crippen molar-refractivity contribution in [3.05, 3.63) is 106 Å². The Morgan fingerprint density at radius 1 is 0.925 bits per heavy atom. The Morgan fingerprint density at radius 2 is 1.62 bits per heavy atom. The number of carbonyl (C=O) groups excluding carboxylic acids is 1. The van der Waals surface area contributed by atoms with Gasteiger partial charge in [0.2, 0.25) is 5.91 Å². The largest absolute Gasteiger partial charge is 0.368 e. The summed E-state index contributed by atoms with van der Waals surface area (Å²) in [5, 5.41) is 20.8. The lowest BCUT2D eigenvalue weighted by atomic mass is 10.1. The van der Waals surface area contributed by atoms with Gasteiger partial charge in [-0.05, 0) is 42.7 Å². The molecule has 2 heterocycles. The van der Waals surface area contributed by atoms with Crippen molar-refractivity contribution < 1.29 is 9.72 Å². The standard InChI is InChI=1S/C30H32N6O3S/c1-23-8-5-6-11-27(23)35-28(22-24-9-3-2-4-10-24)31-32-30(35)40-21-7-12-29(37)34-19-17-33(18-20-34)25-13-15-26(16-14-25)36(38)39/h2-6,8-11,13-16H,7,12,17-22H2,1H3. The molecule has 5 rings (SSSR count). The van der Waals surface area contributed by atoms with Crippen molar-refractivity contribution in [2.75, 3.05) is 36.8 Å². The van der Waals surface area contributed by atoms with E-state index in [1.54, 1.807) is 23.9 Å². The predicted octanol–water partition coefficient (Wildman–Crippen LogP) is 5.30. The number of nitro groups is 1. The van der Waals surface area contributed by atoms with E-state index in [9.17, 15) is 14.9 Å². The van der Waals surface area contributed by atoms with E-state index in [1.807, 2.05) is 35.2 Å². The summed E-state index contributed by atoms with van der Waals surface area (Å²) in [6.45, 7) is 4.81. The number of non-ortho nitro benzene ring substituents is 1. The summed E-state index contributed by atoms with van der Waals surface area (Å²) < 4.78 is 2.15.